The lowest BCUT2D eigenvalue weighted by Gasteiger charge is -1.97. The van der Waals surface area contributed by atoms with Crippen molar-refractivity contribution in [3.63, 3.8) is 0 Å². The van der Waals surface area contributed by atoms with Crippen LogP contribution in [-0.2, 0) is 9.59 Å². The summed E-state index contributed by atoms with van der Waals surface area (Å²) in [5, 5.41) is 0. The van der Waals surface area contributed by atoms with Gasteiger partial charge in [0.25, 0.3) is 0 Å². The van der Waals surface area contributed by atoms with Crippen molar-refractivity contribution in [3.05, 3.63) is 23.8 Å². The third-order valence-corrected chi connectivity index (χ3v) is 2.69. The third-order valence-electron chi connectivity index (χ3n) is 2.69. The molecule has 0 amide bonds. The fraction of sp³-hybridized carbons (Fsp3) is 0.467. The van der Waals surface area contributed by atoms with E-state index >= 15 is 0 Å². The van der Waals surface area contributed by atoms with E-state index in [1.165, 1.54) is 31.1 Å². The van der Waals surface area contributed by atoms with Crippen molar-refractivity contribution >= 4 is 23.5 Å². The van der Waals surface area contributed by atoms with Crippen LogP contribution in [0.25, 0.3) is 0 Å². The zero-order valence-electron chi connectivity index (χ0n) is 12.3. The molecule has 4 N–H and O–H groups in total. The van der Waals surface area contributed by atoms with Gasteiger partial charge in [0, 0.05) is 0 Å². The highest BCUT2D eigenvalue weighted by atomic mass is 16.1. The highest BCUT2D eigenvalue weighted by Gasteiger charge is 1.97. The maximum absolute atomic E-state index is 10.00. The van der Waals surface area contributed by atoms with Crippen LogP contribution in [-0.4, -0.2) is 25.2 Å². The molecule has 0 saturated heterocycles. The second kappa shape index (κ2) is 12.9. The monoisotopic (exact) mass is 290 g/mol. The van der Waals surface area contributed by atoms with E-state index in [4.69, 9.17) is 11.5 Å². The molecule has 0 spiro atoms. The van der Waals surface area contributed by atoms with Gasteiger partial charge in [-0.15, -0.1) is 0 Å². The van der Waals surface area contributed by atoms with Crippen LogP contribution in [0.2, 0.25) is 0 Å². The molecule has 0 aliphatic carbocycles. The van der Waals surface area contributed by atoms with Gasteiger partial charge >= 0.3 is 0 Å². The molecule has 0 unspecified atom stereocenters. The van der Waals surface area contributed by atoms with Crippen molar-refractivity contribution < 1.29 is 9.59 Å². The summed E-state index contributed by atoms with van der Waals surface area (Å²) >= 11 is 0. The number of hydrogen-bond acceptors (Lipinski definition) is 6. The van der Waals surface area contributed by atoms with E-state index in [2.05, 4.69) is 9.98 Å². The molecule has 0 bridgehead atoms. The molecule has 1 rings (SSSR count). The smallest absolute Gasteiger partial charge is 0.240 e. The summed E-state index contributed by atoms with van der Waals surface area (Å²) in [6.07, 6.45) is 7.63. The van der Waals surface area contributed by atoms with Gasteiger partial charge in [0.1, 0.15) is 0 Å². The SMILES string of the molecule is Cc1ccc(N=C=O)cc1N=C=O.NCCCCCCN. The van der Waals surface area contributed by atoms with E-state index in [0.717, 1.165) is 31.5 Å². The highest BCUT2D eigenvalue weighted by Crippen LogP contribution is 2.23. The van der Waals surface area contributed by atoms with E-state index in [1.807, 2.05) is 0 Å². The summed E-state index contributed by atoms with van der Waals surface area (Å²) in [7, 11) is 0. The minimum absolute atomic E-state index is 0.426. The Morgan fingerprint density at radius 2 is 1.52 bits per heavy atom. The number of carbonyl (C=O) groups excluding carboxylic acids is 2. The van der Waals surface area contributed by atoms with E-state index in [1.54, 1.807) is 19.1 Å². The van der Waals surface area contributed by atoms with Gasteiger partial charge in [0.15, 0.2) is 0 Å². The van der Waals surface area contributed by atoms with Crippen molar-refractivity contribution in [3.8, 4) is 0 Å². The molecule has 6 heteroatoms. The maximum atomic E-state index is 10.00. The number of nitrogens with zero attached hydrogens (tertiary/aromatic N) is 2. The van der Waals surface area contributed by atoms with Crippen LogP contribution < -0.4 is 11.5 Å². The number of aliphatic imine (C=N–C) groups is 2. The molecule has 0 heterocycles. The Bertz CT molecular complexity index is 498. The van der Waals surface area contributed by atoms with E-state index < -0.39 is 0 Å². The lowest BCUT2D eigenvalue weighted by atomic mass is 10.2. The van der Waals surface area contributed by atoms with Gasteiger partial charge in [-0.25, -0.2) is 9.59 Å². The quantitative estimate of drug-likeness (QED) is 0.456. The zero-order valence-corrected chi connectivity index (χ0v) is 12.3. The Morgan fingerprint density at radius 3 is 2.00 bits per heavy atom. The third kappa shape index (κ3) is 9.44. The average molecular weight is 290 g/mol. The summed E-state index contributed by atoms with van der Waals surface area (Å²) in [4.78, 5) is 26.8. The van der Waals surface area contributed by atoms with Gasteiger partial charge < -0.3 is 11.5 Å². The van der Waals surface area contributed by atoms with Crippen LogP contribution in [0, 0.1) is 6.92 Å². The number of unbranched alkanes of at least 4 members (excludes halogenated alkanes) is 3. The van der Waals surface area contributed by atoms with Crippen LogP contribution in [0.1, 0.15) is 31.2 Å². The zero-order chi connectivity index (χ0) is 15.9. The van der Waals surface area contributed by atoms with E-state index in [-0.39, 0.29) is 0 Å². The summed E-state index contributed by atoms with van der Waals surface area (Å²) in [6.45, 7) is 3.44. The molecule has 0 fully saturated rings. The topological polar surface area (TPSA) is 111 Å². The van der Waals surface area contributed by atoms with Crippen molar-refractivity contribution in [1.29, 1.82) is 0 Å². The highest BCUT2D eigenvalue weighted by molar-refractivity contribution is 5.61. The van der Waals surface area contributed by atoms with Crippen LogP contribution in [0.15, 0.2) is 28.2 Å². The summed E-state index contributed by atoms with van der Waals surface area (Å²) in [5.74, 6) is 0. The molecule has 21 heavy (non-hydrogen) atoms. The molecule has 6 nitrogen and oxygen atoms in total. The largest absolute Gasteiger partial charge is 0.330 e. The fourth-order valence-electron chi connectivity index (χ4n) is 1.53. The summed E-state index contributed by atoms with van der Waals surface area (Å²) < 4.78 is 0. The van der Waals surface area contributed by atoms with Gasteiger partial charge in [0.05, 0.1) is 11.4 Å². The van der Waals surface area contributed by atoms with Crippen LogP contribution in [0.4, 0.5) is 11.4 Å². The fourth-order valence-corrected chi connectivity index (χ4v) is 1.53. The van der Waals surface area contributed by atoms with E-state index in [0.29, 0.717) is 11.4 Å². The Hall–Kier alpha value is -2.10. The van der Waals surface area contributed by atoms with Gasteiger partial charge in [-0.1, -0.05) is 18.9 Å². The van der Waals surface area contributed by atoms with Crippen molar-refractivity contribution in [1.82, 2.24) is 0 Å². The molecule has 0 saturated carbocycles. The number of aryl methyl sites for hydroxylation is 1. The molecule has 0 aromatic heterocycles. The lowest BCUT2D eigenvalue weighted by Crippen LogP contribution is -2.00. The number of rotatable bonds is 7. The van der Waals surface area contributed by atoms with Gasteiger partial charge in [-0.2, -0.15) is 9.98 Å². The first-order valence-electron chi connectivity index (χ1n) is 6.86. The first-order chi connectivity index (χ1) is 10.2. The molecule has 114 valence electrons. The maximum Gasteiger partial charge on any atom is 0.240 e. The van der Waals surface area contributed by atoms with Gasteiger partial charge in [-0.3, -0.25) is 0 Å². The average Bonchev–Trinajstić information content (AvgIpc) is 2.48. The molecular weight excluding hydrogens is 268 g/mol. The molecule has 0 aliphatic heterocycles. The Balaban J connectivity index is 0.000000433. The summed E-state index contributed by atoms with van der Waals surface area (Å²) in [6, 6.07) is 4.88. The Morgan fingerprint density at radius 1 is 0.952 bits per heavy atom. The number of benzene rings is 1. The van der Waals surface area contributed by atoms with E-state index in [9.17, 15) is 9.59 Å². The van der Waals surface area contributed by atoms with Crippen molar-refractivity contribution in [2.45, 2.75) is 32.6 Å². The van der Waals surface area contributed by atoms with Crippen molar-refractivity contribution in [2.75, 3.05) is 13.1 Å². The lowest BCUT2D eigenvalue weighted by molar-refractivity contribution is 0.565. The second-order valence-corrected chi connectivity index (χ2v) is 4.37. The molecule has 0 radical (unpaired) electrons. The van der Waals surface area contributed by atoms with Crippen LogP contribution in [0.5, 0.6) is 0 Å². The molecule has 0 atom stereocenters. The van der Waals surface area contributed by atoms with Gasteiger partial charge in [-0.05, 0) is 50.6 Å². The number of isocyanates is 2. The number of nitrogens with two attached hydrogens (primary N) is 2. The Labute approximate surface area is 125 Å². The minimum Gasteiger partial charge on any atom is -0.330 e. The van der Waals surface area contributed by atoms with Crippen LogP contribution in [0.3, 0.4) is 0 Å². The molecule has 0 aliphatic rings. The van der Waals surface area contributed by atoms with Crippen molar-refractivity contribution in [2.24, 2.45) is 21.5 Å². The molecular formula is C15H22N4O2. The number of hydrogen-bond donors (Lipinski definition) is 2. The predicted octanol–water partition coefficient (Wildman–Crippen LogP) is 2.39. The predicted molar refractivity (Wildman–Crippen MR) is 83.3 cm³/mol. The normalized spacial score (nSPS) is 8.90. The minimum atomic E-state index is 0.426. The second-order valence-electron chi connectivity index (χ2n) is 4.37. The Kier molecular flexibility index (Phi) is 11.6. The molecule has 1 aromatic rings. The van der Waals surface area contributed by atoms with Gasteiger partial charge in [0.2, 0.25) is 12.2 Å². The summed E-state index contributed by atoms with van der Waals surface area (Å²) in [5.41, 5.74) is 12.3. The standard InChI is InChI=1S/C9H6N2O2.C6H16N2/c1-7-2-3-8(10-5-12)4-9(7)11-6-13;7-5-3-1-2-4-6-8/h2-4H,1H3;1-8H2. The van der Waals surface area contributed by atoms with Crippen LogP contribution >= 0.6 is 0 Å². The first kappa shape index (κ1) is 18.9. The first-order valence-corrected chi connectivity index (χ1v) is 6.86. The molecule has 1 aromatic carbocycles.